The number of nitrogens with zero attached hydrogens (tertiary/aromatic N) is 2. The van der Waals surface area contributed by atoms with E-state index in [0.717, 1.165) is 35.7 Å². The third kappa shape index (κ3) is 3.84. The normalized spacial score (nSPS) is 20.2. The number of Topliss-reactive ketones (excluding diaryl/α,β-unsaturated/α-hetero) is 1. The molecule has 6 heteroatoms. The second-order valence-electron chi connectivity index (χ2n) is 7.95. The molecule has 0 aromatic carbocycles. The molecule has 0 saturated carbocycles. The highest BCUT2D eigenvalue weighted by molar-refractivity contribution is 6.11. The van der Waals surface area contributed by atoms with Crippen molar-refractivity contribution in [2.75, 3.05) is 6.54 Å². The number of hydrogen-bond acceptors (Lipinski definition) is 3. The molecule has 1 aliphatic heterocycles. The van der Waals surface area contributed by atoms with Crippen molar-refractivity contribution in [3.8, 4) is 0 Å². The largest absolute Gasteiger partial charge is 0.348 e. The van der Waals surface area contributed by atoms with E-state index < -0.39 is 11.6 Å². The molecule has 144 valence electrons. The standard InChI is InChI=1S/C20H31N3O3/c1-7-10-22-14(4)11-16(15(22)5)17(24)12-23-18(25)20(6,21-19(23)26)9-8-13(2)3/h11,13H,7-10,12H2,1-6H3,(H,21,26)/t20-/m0/s1. The lowest BCUT2D eigenvalue weighted by Gasteiger charge is -2.22. The van der Waals surface area contributed by atoms with E-state index >= 15 is 0 Å². The smallest absolute Gasteiger partial charge is 0.325 e. The summed E-state index contributed by atoms with van der Waals surface area (Å²) in [6, 6.07) is 1.38. The Hall–Kier alpha value is -2.11. The van der Waals surface area contributed by atoms with E-state index in [2.05, 4.69) is 30.7 Å². The Bertz CT molecular complexity index is 720. The number of carbonyl (C=O) groups excluding carboxylic acids is 3. The van der Waals surface area contributed by atoms with Crippen LogP contribution in [0.1, 0.15) is 68.7 Å². The van der Waals surface area contributed by atoms with Crippen molar-refractivity contribution >= 4 is 17.7 Å². The molecule has 2 heterocycles. The minimum absolute atomic E-state index is 0.197. The van der Waals surface area contributed by atoms with Crippen molar-refractivity contribution < 1.29 is 14.4 Å². The van der Waals surface area contributed by atoms with Crippen molar-refractivity contribution in [3.63, 3.8) is 0 Å². The number of nitrogens with one attached hydrogen (secondary N) is 1. The van der Waals surface area contributed by atoms with Crippen LogP contribution in [0.4, 0.5) is 4.79 Å². The predicted octanol–water partition coefficient (Wildman–Crippen LogP) is 3.44. The fourth-order valence-corrected chi connectivity index (χ4v) is 3.52. The van der Waals surface area contributed by atoms with Gasteiger partial charge in [0.2, 0.25) is 0 Å². The number of aryl methyl sites for hydroxylation is 1. The summed E-state index contributed by atoms with van der Waals surface area (Å²) in [6.45, 7) is 12.5. The topological polar surface area (TPSA) is 71.4 Å². The van der Waals surface area contributed by atoms with Gasteiger partial charge in [0, 0.05) is 23.5 Å². The van der Waals surface area contributed by atoms with Gasteiger partial charge in [-0.25, -0.2) is 4.79 Å². The van der Waals surface area contributed by atoms with Gasteiger partial charge < -0.3 is 9.88 Å². The van der Waals surface area contributed by atoms with Gasteiger partial charge >= 0.3 is 6.03 Å². The summed E-state index contributed by atoms with van der Waals surface area (Å²) in [5, 5.41) is 2.77. The quantitative estimate of drug-likeness (QED) is 0.569. The summed E-state index contributed by atoms with van der Waals surface area (Å²) in [7, 11) is 0. The van der Waals surface area contributed by atoms with E-state index in [1.807, 2.05) is 19.9 Å². The van der Waals surface area contributed by atoms with Crippen LogP contribution in [0.3, 0.4) is 0 Å². The number of amides is 3. The van der Waals surface area contributed by atoms with Crippen LogP contribution in [-0.2, 0) is 11.3 Å². The lowest BCUT2D eigenvalue weighted by Crippen LogP contribution is -2.44. The Morgan fingerprint density at radius 2 is 1.92 bits per heavy atom. The van der Waals surface area contributed by atoms with E-state index in [1.54, 1.807) is 6.92 Å². The summed E-state index contributed by atoms with van der Waals surface area (Å²) in [6.07, 6.45) is 2.39. The molecule has 1 aliphatic rings. The minimum Gasteiger partial charge on any atom is -0.348 e. The molecule has 6 nitrogen and oxygen atoms in total. The first-order valence-electron chi connectivity index (χ1n) is 9.44. The van der Waals surface area contributed by atoms with Crippen molar-refractivity contribution in [2.24, 2.45) is 5.92 Å². The number of carbonyl (C=O) groups is 3. The van der Waals surface area contributed by atoms with Gasteiger partial charge in [-0.3, -0.25) is 14.5 Å². The summed E-state index contributed by atoms with van der Waals surface area (Å²) in [5.74, 6) is -0.0629. The third-order valence-electron chi connectivity index (χ3n) is 5.19. The first kappa shape index (κ1) is 20.2. The molecule has 1 atom stereocenters. The highest BCUT2D eigenvalue weighted by Gasteiger charge is 2.47. The zero-order valence-corrected chi connectivity index (χ0v) is 16.8. The molecule has 3 amide bonds. The van der Waals surface area contributed by atoms with Gasteiger partial charge in [-0.15, -0.1) is 0 Å². The molecular formula is C20H31N3O3. The van der Waals surface area contributed by atoms with Gasteiger partial charge in [-0.05, 0) is 52.0 Å². The van der Waals surface area contributed by atoms with Crippen LogP contribution in [0.15, 0.2) is 6.07 Å². The van der Waals surface area contributed by atoms with Crippen LogP contribution in [0.2, 0.25) is 0 Å². The second-order valence-corrected chi connectivity index (χ2v) is 7.95. The van der Waals surface area contributed by atoms with E-state index in [0.29, 0.717) is 17.9 Å². The molecule has 0 spiro atoms. The Balaban J connectivity index is 2.15. The lowest BCUT2D eigenvalue weighted by molar-refractivity contribution is -0.130. The van der Waals surface area contributed by atoms with Crippen LogP contribution >= 0.6 is 0 Å². The van der Waals surface area contributed by atoms with Gasteiger partial charge in [-0.2, -0.15) is 0 Å². The number of imide groups is 1. The van der Waals surface area contributed by atoms with E-state index in [4.69, 9.17) is 0 Å². The number of ketones is 1. The molecular weight excluding hydrogens is 330 g/mol. The molecule has 1 saturated heterocycles. The molecule has 1 N–H and O–H groups in total. The summed E-state index contributed by atoms with van der Waals surface area (Å²) in [4.78, 5) is 38.9. The Morgan fingerprint density at radius 1 is 1.27 bits per heavy atom. The molecule has 0 unspecified atom stereocenters. The molecule has 26 heavy (non-hydrogen) atoms. The van der Waals surface area contributed by atoms with Gasteiger partial charge in [0.15, 0.2) is 5.78 Å². The van der Waals surface area contributed by atoms with Crippen molar-refractivity contribution in [3.05, 3.63) is 23.0 Å². The van der Waals surface area contributed by atoms with Crippen molar-refractivity contribution in [1.82, 2.24) is 14.8 Å². The van der Waals surface area contributed by atoms with Gasteiger partial charge in [0.05, 0.1) is 6.54 Å². The highest BCUT2D eigenvalue weighted by atomic mass is 16.2. The average molecular weight is 361 g/mol. The molecule has 1 aromatic rings. The summed E-state index contributed by atoms with van der Waals surface area (Å²) < 4.78 is 2.10. The van der Waals surface area contributed by atoms with Crippen molar-refractivity contribution in [2.45, 2.75) is 72.9 Å². The van der Waals surface area contributed by atoms with E-state index in [-0.39, 0.29) is 18.2 Å². The summed E-state index contributed by atoms with van der Waals surface area (Å²) >= 11 is 0. The third-order valence-corrected chi connectivity index (χ3v) is 5.19. The molecule has 0 bridgehead atoms. The van der Waals surface area contributed by atoms with Gasteiger partial charge in [0.25, 0.3) is 5.91 Å². The monoisotopic (exact) mass is 361 g/mol. The maximum atomic E-state index is 12.8. The summed E-state index contributed by atoms with van der Waals surface area (Å²) in [5.41, 5.74) is 1.59. The minimum atomic E-state index is -0.916. The number of rotatable bonds is 8. The van der Waals surface area contributed by atoms with E-state index in [9.17, 15) is 14.4 Å². The highest BCUT2D eigenvalue weighted by Crippen LogP contribution is 2.25. The molecule has 0 radical (unpaired) electrons. The fourth-order valence-electron chi connectivity index (χ4n) is 3.52. The zero-order chi connectivity index (χ0) is 19.6. The van der Waals surface area contributed by atoms with Gasteiger partial charge in [-0.1, -0.05) is 20.8 Å². The molecule has 2 rings (SSSR count). The van der Waals surface area contributed by atoms with Crippen LogP contribution in [-0.4, -0.2) is 39.3 Å². The Kier molecular flexibility index (Phi) is 5.94. The predicted molar refractivity (Wildman–Crippen MR) is 101 cm³/mol. The first-order valence-corrected chi connectivity index (χ1v) is 9.44. The second kappa shape index (κ2) is 7.64. The average Bonchev–Trinajstić information content (AvgIpc) is 2.96. The van der Waals surface area contributed by atoms with E-state index in [1.165, 1.54) is 0 Å². The van der Waals surface area contributed by atoms with Crippen LogP contribution in [0.5, 0.6) is 0 Å². The first-order chi connectivity index (χ1) is 12.1. The molecule has 1 fully saturated rings. The number of aromatic nitrogens is 1. The van der Waals surface area contributed by atoms with Crippen LogP contribution in [0, 0.1) is 19.8 Å². The van der Waals surface area contributed by atoms with Gasteiger partial charge in [0.1, 0.15) is 5.54 Å². The fraction of sp³-hybridized carbons (Fsp3) is 0.650. The van der Waals surface area contributed by atoms with Crippen molar-refractivity contribution in [1.29, 1.82) is 0 Å². The Morgan fingerprint density at radius 3 is 2.50 bits per heavy atom. The maximum absolute atomic E-state index is 12.8. The maximum Gasteiger partial charge on any atom is 0.325 e. The van der Waals surface area contributed by atoms with Crippen LogP contribution < -0.4 is 5.32 Å². The van der Waals surface area contributed by atoms with Crippen LogP contribution in [0.25, 0.3) is 0 Å². The molecule has 0 aliphatic carbocycles. The SMILES string of the molecule is CCCn1c(C)cc(C(=O)CN2C(=O)N[C@@](C)(CCC(C)C)C2=O)c1C. The Labute approximate surface area is 155 Å². The molecule has 1 aromatic heterocycles. The lowest BCUT2D eigenvalue weighted by atomic mass is 9.92. The number of hydrogen-bond donors (Lipinski definition) is 1. The zero-order valence-electron chi connectivity index (χ0n) is 16.8. The number of urea groups is 1.